The molecule has 3 nitrogen and oxygen atoms in total. The van der Waals surface area contributed by atoms with E-state index in [1.165, 1.54) is 11.1 Å². The molecule has 0 spiro atoms. The molecule has 0 aliphatic carbocycles. The summed E-state index contributed by atoms with van der Waals surface area (Å²) in [6.45, 7) is 2.10. The number of benzene rings is 1. The number of nitrogens with zero attached hydrogens (tertiary/aromatic N) is 2. The lowest BCUT2D eigenvalue weighted by Crippen LogP contribution is -2.20. The first-order valence-electron chi connectivity index (χ1n) is 5.42. The second kappa shape index (κ2) is 5.38. The number of hydrogen-bond acceptors (Lipinski definition) is 3. The highest BCUT2D eigenvalue weighted by molar-refractivity contribution is 9.10. The van der Waals surface area contributed by atoms with E-state index in [0.717, 1.165) is 10.2 Å². The summed E-state index contributed by atoms with van der Waals surface area (Å²) in [5.41, 5.74) is 3.36. The molecule has 88 valence electrons. The third-order valence-electron chi connectivity index (χ3n) is 2.79. The van der Waals surface area contributed by atoms with Gasteiger partial charge in [0.2, 0.25) is 0 Å². The third-order valence-corrected chi connectivity index (χ3v) is 3.65. The summed E-state index contributed by atoms with van der Waals surface area (Å²) in [7, 11) is 1.93. The Morgan fingerprint density at radius 1 is 1.29 bits per heavy atom. The topological polar surface area (TPSA) is 37.8 Å². The first kappa shape index (κ1) is 12.2. The van der Waals surface area contributed by atoms with Crippen LogP contribution in [-0.2, 0) is 0 Å². The molecule has 0 radical (unpaired) electrons. The van der Waals surface area contributed by atoms with Crippen molar-refractivity contribution >= 4 is 15.9 Å². The lowest BCUT2D eigenvalue weighted by atomic mass is 9.99. The van der Waals surface area contributed by atoms with Crippen molar-refractivity contribution in [1.82, 2.24) is 15.3 Å². The number of hydrogen-bond donors (Lipinski definition) is 1. The molecule has 0 saturated carbocycles. The molecule has 1 atom stereocenters. The Balaban J connectivity index is 2.46. The Hall–Kier alpha value is -1.26. The average molecular weight is 292 g/mol. The number of nitrogens with one attached hydrogen (secondary N) is 1. The zero-order chi connectivity index (χ0) is 12.3. The highest BCUT2D eigenvalue weighted by Crippen LogP contribution is 2.27. The van der Waals surface area contributed by atoms with Crippen molar-refractivity contribution in [2.75, 3.05) is 7.05 Å². The second-order valence-electron chi connectivity index (χ2n) is 3.81. The number of aromatic nitrogens is 2. The minimum Gasteiger partial charge on any atom is -0.308 e. The fourth-order valence-corrected chi connectivity index (χ4v) is 2.24. The highest BCUT2D eigenvalue weighted by atomic mass is 79.9. The van der Waals surface area contributed by atoms with Gasteiger partial charge >= 0.3 is 0 Å². The Kier molecular flexibility index (Phi) is 3.86. The van der Waals surface area contributed by atoms with E-state index in [-0.39, 0.29) is 6.04 Å². The van der Waals surface area contributed by atoms with Crippen molar-refractivity contribution in [3.05, 3.63) is 58.1 Å². The molecule has 1 N–H and O–H groups in total. The van der Waals surface area contributed by atoms with Gasteiger partial charge in [0.05, 0.1) is 17.9 Å². The predicted octanol–water partition coefficient (Wildman–Crippen LogP) is 2.86. The molecule has 0 aliphatic heterocycles. The zero-order valence-corrected chi connectivity index (χ0v) is 11.4. The van der Waals surface area contributed by atoms with Crippen molar-refractivity contribution in [1.29, 1.82) is 0 Å². The molecular weight excluding hydrogens is 278 g/mol. The van der Waals surface area contributed by atoms with Gasteiger partial charge in [-0.3, -0.25) is 9.97 Å². The number of rotatable bonds is 3. The molecule has 1 unspecified atom stereocenters. The lowest BCUT2D eigenvalue weighted by molar-refractivity contribution is 0.662. The molecule has 0 bridgehead atoms. The van der Waals surface area contributed by atoms with Gasteiger partial charge in [-0.15, -0.1) is 0 Å². The first-order chi connectivity index (χ1) is 8.24. The highest BCUT2D eigenvalue weighted by Gasteiger charge is 2.16. The van der Waals surface area contributed by atoms with E-state index in [2.05, 4.69) is 44.2 Å². The van der Waals surface area contributed by atoms with Crippen molar-refractivity contribution in [3.63, 3.8) is 0 Å². The standard InChI is InChI=1S/C13H14BrN3/c1-9-10(4-3-5-11(9)14)13(15-2)12-8-16-6-7-17-12/h3-8,13,15H,1-2H3. The van der Waals surface area contributed by atoms with E-state index in [0.29, 0.717) is 0 Å². The molecule has 1 aromatic heterocycles. The Morgan fingerprint density at radius 3 is 2.76 bits per heavy atom. The maximum Gasteiger partial charge on any atom is 0.0801 e. The molecule has 0 fully saturated rings. The van der Waals surface area contributed by atoms with Crippen LogP contribution in [0.5, 0.6) is 0 Å². The van der Waals surface area contributed by atoms with Crippen LogP contribution in [0.3, 0.4) is 0 Å². The van der Waals surface area contributed by atoms with Crippen LogP contribution in [0.4, 0.5) is 0 Å². The van der Waals surface area contributed by atoms with Crippen molar-refractivity contribution in [2.24, 2.45) is 0 Å². The minimum absolute atomic E-state index is 0.0706. The van der Waals surface area contributed by atoms with Gasteiger partial charge < -0.3 is 5.32 Å². The van der Waals surface area contributed by atoms with Crippen LogP contribution in [0, 0.1) is 6.92 Å². The van der Waals surface area contributed by atoms with E-state index in [4.69, 9.17) is 0 Å². The fourth-order valence-electron chi connectivity index (χ4n) is 1.86. The maximum absolute atomic E-state index is 4.36. The van der Waals surface area contributed by atoms with Gasteiger partial charge in [-0.2, -0.15) is 0 Å². The quantitative estimate of drug-likeness (QED) is 0.945. The van der Waals surface area contributed by atoms with Crippen molar-refractivity contribution < 1.29 is 0 Å². The second-order valence-corrected chi connectivity index (χ2v) is 4.66. The molecule has 0 aliphatic rings. The number of halogens is 1. The predicted molar refractivity (Wildman–Crippen MR) is 71.8 cm³/mol. The molecular formula is C13H14BrN3. The molecule has 0 amide bonds. The minimum atomic E-state index is 0.0706. The van der Waals surface area contributed by atoms with Gasteiger partial charge in [0, 0.05) is 16.9 Å². The summed E-state index contributed by atoms with van der Waals surface area (Å²) in [6, 6.07) is 6.26. The van der Waals surface area contributed by atoms with Crippen LogP contribution in [0.1, 0.15) is 22.9 Å². The Labute approximate surface area is 109 Å². The Morgan fingerprint density at radius 2 is 2.12 bits per heavy atom. The van der Waals surface area contributed by atoms with E-state index in [1.54, 1.807) is 18.6 Å². The summed E-state index contributed by atoms with van der Waals surface area (Å²) < 4.78 is 1.11. The van der Waals surface area contributed by atoms with Gasteiger partial charge in [0.1, 0.15) is 0 Å². The van der Waals surface area contributed by atoms with Crippen molar-refractivity contribution in [2.45, 2.75) is 13.0 Å². The largest absolute Gasteiger partial charge is 0.308 e. The molecule has 17 heavy (non-hydrogen) atoms. The van der Waals surface area contributed by atoms with Gasteiger partial charge in [-0.25, -0.2) is 0 Å². The van der Waals surface area contributed by atoms with Gasteiger partial charge in [0.25, 0.3) is 0 Å². The first-order valence-corrected chi connectivity index (χ1v) is 6.21. The van der Waals surface area contributed by atoms with E-state index < -0.39 is 0 Å². The van der Waals surface area contributed by atoms with Crippen LogP contribution >= 0.6 is 15.9 Å². The Bertz CT molecular complexity index is 499. The average Bonchev–Trinajstić information content (AvgIpc) is 2.37. The van der Waals surface area contributed by atoms with Crippen LogP contribution in [0.15, 0.2) is 41.3 Å². The van der Waals surface area contributed by atoms with E-state index in [1.807, 2.05) is 19.2 Å². The lowest BCUT2D eigenvalue weighted by Gasteiger charge is -2.18. The van der Waals surface area contributed by atoms with Gasteiger partial charge in [-0.05, 0) is 31.2 Å². The molecule has 1 heterocycles. The van der Waals surface area contributed by atoms with Crippen LogP contribution in [0.25, 0.3) is 0 Å². The monoisotopic (exact) mass is 291 g/mol. The normalized spacial score (nSPS) is 12.4. The van der Waals surface area contributed by atoms with Crippen LogP contribution in [0.2, 0.25) is 0 Å². The molecule has 0 saturated heterocycles. The molecule has 2 rings (SSSR count). The maximum atomic E-state index is 4.36. The van der Waals surface area contributed by atoms with Crippen molar-refractivity contribution in [3.8, 4) is 0 Å². The van der Waals surface area contributed by atoms with Gasteiger partial charge in [-0.1, -0.05) is 28.1 Å². The van der Waals surface area contributed by atoms with Crippen LogP contribution in [-0.4, -0.2) is 17.0 Å². The summed E-state index contributed by atoms with van der Waals surface area (Å²) in [6.07, 6.45) is 5.19. The van der Waals surface area contributed by atoms with E-state index >= 15 is 0 Å². The SMILES string of the molecule is CNC(c1cnccn1)c1cccc(Br)c1C. The van der Waals surface area contributed by atoms with Crippen LogP contribution < -0.4 is 5.32 Å². The smallest absolute Gasteiger partial charge is 0.0801 e. The van der Waals surface area contributed by atoms with E-state index in [9.17, 15) is 0 Å². The summed E-state index contributed by atoms with van der Waals surface area (Å²) in [5, 5.41) is 3.28. The molecule has 4 heteroatoms. The zero-order valence-electron chi connectivity index (χ0n) is 9.81. The van der Waals surface area contributed by atoms with Gasteiger partial charge in [0.15, 0.2) is 0 Å². The molecule has 1 aromatic carbocycles. The summed E-state index contributed by atoms with van der Waals surface area (Å²) in [5.74, 6) is 0. The summed E-state index contributed by atoms with van der Waals surface area (Å²) in [4.78, 5) is 8.47. The third kappa shape index (κ3) is 2.53. The summed E-state index contributed by atoms with van der Waals surface area (Å²) >= 11 is 3.55. The molecule has 2 aromatic rings. The fraction of sp³-hybridized carbons (Fsp3) is 0.231.